The monoisotopic (exact) mass is 149 g/mol. The van der Waals surface area contributed by atoms with Crippen molar-refractivity contribution in [3.63, 3.8) is 0 Å². The van der Waals surface area contributed by atoms with Crippen LogP contribution < -0.4 is 5.32 Å². The Balaban J connectivity index is 2.30. The molecular formula is C7H13F2N. The van der Waals surface area contributed by atoms with Crippen LogP contribution in [0.4, 0.5) is 8.78 Å². The van der Waals surface area contributed by atoms with Gasteiger partial charge in [0, 0.05) is 12.5 Å². The van der Waals surface area contributed by atoms with Crippen LogP contribution >= 0.6 is 0 Å². The molecule has 1 rings (SSSR count). The van der Waals surface area contributed by atoms with Crippen molar-refractivity contribution in [2.24, 2.45) is 0 Å². The molecule has 0 radical (unpaired) electrons. The number of hydrogen-bond donors (Lipinski definition) is 1. The molecule has 0 heterocycles. The fourth-order valence-corrected chi connectivity index (χ4v) is 1.11. The molecule has 60 valence electrons. The van der Waals surface area contributed by atoms with Gasteiger partial charge in [-0.2, -0.15) is 0 Å². The highest BCUT2D eigenvalue weighted by molar-refractivity contribution is 4.94. The van der Waals surface area contributed by atoms with Crippen molar-refractivity contribution in [2.75, 3.05) is 0 Å². The largest absolute Gasteiger partial charge is 0.306 e. The molecule has 1 N–H and O–H groups in total. The second kappa shape index (κ2) is 2.46. The van der Waals surface area contributed by atoms with Crippen molar-refractivity contribution in [3.8, 4) is 0 Å². The molecule has 0 saturated heterocycles. The van der Waals surface area contributed by atoms with Gasteiger partial charge < -0.3 is 5.32 Å². The second-order valence-electron chi connectivity index (χ2n) is 3.17. The van der Waals surface area contributed by atoms with Crippen LogP contribution in [0.2, 0.25) is 0 Å². The molecule has 1 unspecified atom stereocenters. The standard InChI is InChI=1S/C7H13F2N/c1-5(2)10-6-3-4-7(6,8)9/h5-6,10H,3-4H2,1-2H3. The summed E-state index contributed by atoms with van der Waals surface area (Å²) in [5.41, 5.74) is 0. The average molecular weight is 149 g/mol. The van der Waals surface area contributed by atoms with E-state index in [-0.39, 0.29) is 12.5 Å². The predicted octanol–water partition coefficient (Wildman–Crippen LogP) is 1.78. The summed E-state index contributed by atoms with van der Waals surface area (Å²) in [7, 11) is 0. The van der Waals surface area contributed by atoms with Crippen LogP contribution in [0.1, 0.15) is 26.7 Å². The van der Waals surface area contributed by atoms with Gasteiger partial charge in [0.15, 0.2) is 0 Å². The maximum Gasteiger partial charge on any atom is 0.263 e. The lowest BCUT2D eigenvalue weighted by molar-refractivity contribution is -0.107. The summed E-state index contributed by atoms with van der Waals surface area (Å²) >= 11 is 0. The van der Waals surface area contributed by atoms with E-state index in [4.69, 9.17) is 0 Å². The highest BCUT2D eigenvalue weighted by atomic mass is 19.3. The van der Waals surface area contributed by atoms with Crippen molar-refractivity contribution in [1.82, 2.24) is 5.32 Å². The van der Waals surface area contributed by atoms with Gasteiger partial charge in [0.25, 0.3) is 5.92 Å². The molecule has 1 aliphatic carbocycles. The van der Waals surface area contributed by atoms with Crippen molar-refractivity contribution >= 4 is 0 Å². The van der Waals surface area contributed by atoms with Crippen LogP contribution in [0.15, 0.2) is 0 Å². The van der Waals surface area contributed by atoms with E-state index < -0.39 is 12.0 Å². The number of alkyl halides is 2. The molecule has 0 spiro atoms. The first-order valence-corrected chi connectivity index (χ1v) is 3.66. The first kappa shape index (κ1) is 7.92. The minimum absolute atomic E-state index is 0.0530. The normalized spacial score (nSPS) is 30.3. The van der Waals surface area contributed by atoms with Gasteiger partial charge in [-0.3, -0.25) is 0 Å². The van der Waals surface area contributed by atoms with Crippen LogP contribution in [-0.4, -0.2) is 18.0 Å². The van der Waals surface area contributed by atoms with Crippen molar-refractivity contribution in [1.29, 1.82) is 0 Å². The Labute approximate surface area is 59.8 Å². The van der Waals surface area contributed by atoms with Gasteiger partial charge in [0.2, 0.25) is 0 Å². The highest BCUT2D eigenvalue weighted by Crippen LogP contribution is 2.37. The van der Waals surface area contributed by atoms with Crippen LogP contribution in [0.3, 0.4) is 0 Å². The van der Waals surface area contributed by atoms with E-state index in [0.717, 1.165) is 0 Å². The zero-order chi connectivity index (χ0) is 7.78. The van der Waals surface area contributed by atoms with E-state index in [2.05, 4.69) is 5.32 Å². The van der Waals surface area contributed by atoms with Crippen molar-refractivity contribution in [3.05, 3.63) is 0 Å². The molecule has 0 bridgehead atoms. The maximum absolute atomic E-state index is 12.5. The number of nitrogens with one attached hydrogen (secondary N) is 1. The zero-order valence-corrected chi connectivity index (χ0v) is 6.32. The molecule has 1 atom stereocenters. The number of hydrogen-bond acceptors (Lipinski definition) is 1. The van der Waals surface area contributed by atoms with E-state index in [1.807, 2.05) is 13.8 Å². The van der Waals surface area contributed by atoms with Gasteiger partial charge in [-0.05, 0) is 6.42 Å². The van der Waals surface area contributed by atoms with E-state index in [1.54, 1.807) is 0 Å². The molecule has 0 amide bonds. The van der Waals surface area contributed by atoms with E-state index in [0.29, 0.717) is 6.42 Å². The fourth-order valence-electron chi connectivity index (χ4n) is 1.11. The van der Waals surface area contributed by atoms with Crippen molar-refractivity contribution < 1.29 is 8.78 Å². The van der Waals surface area contributed by atoms with Crippen LogP contribution in [0.5, 0.6) is 0 Å². The molecule has 1 saturated carbocycles. The molecule has 0 aromatic carbocycles. The molecule has 3 heteroatoms. The highest BCUT2D eigenvalue weighted by Gasteiger charge is 2.48. The lowest BCUT2D eigenvalue weighted by Gasteiger charge is -2.38. The topological polar surface area (TPSA) is 12.0 Å². The van der Waals surface area contributed by atoms with Gasteiger partial charge >= 0.3 is 0 Å². The number of halogens is 2. The number of rotatable bonds is 2. The van der Waals surface area contributed by atoms with Gasteiger partial charge in [0.05, 0.1) is 6.04 Å². The molecule has 1 aliphatic rings. The lowest BCUT2D eigenvalue weighted by Crippen LogP contribution is -2.55. The molecule has 0 aromatic heterocycles. The van der Waals surface area contributed by atoms with E-state index in [9.17, 15) is 8.78 Å². The third kappa shape index (κ3) is 1.45. The summed E-state index contributed by atoms with van der Waals surface area (Å²) in [6.45, 7) is 3.77. The van der Waals surface area contributed by atoms with E-state index in [1.165, 1.54) is 0 Å². The first-order chi connectivity index (χ1) is 4.52. The quantitative estimate of drug-likeness (QED) is 0.631. The SMILES string of the molecule is CC(C)NC1CCC1(F)F. The molecule has 10 heavy (non-hydrogen) atoms. The Morgan fingerprint density at radius 3 is 2.20 bits per heavy atom. The lowest BCUT2D eigenvalue weighted by atomic mass is 9.87. The molecule has 1 fully saturated rings. The summed E-state index contributed by atoms with van der Waals surface area (Å²) < 4.78 is 25.0. The van der Waals surface area contributed by atoms with Gasteiger partial charge in [-0.25, -0.2) is 8.78 Å². The van der Waals surface area contributed by atoms with Crippen molar-refractivity contribution in [2.45, 2.75) is 44.7 Å². The molecule has 0 aliphatic heterocycles. The summed E-state index contributed by atoms with van der Waals surface area (Å²) in [5.74, 6) is -2.44. The third-order valence-electron chi connectivity index (χ3n) is 1.81. The smallest absolute Gasteiger partial charge is 0.263 e. The van der Waals surface area contributed by atoms with Crippen LogP contribution in [0.25, 0.3) is 0 Å². The van der Waals surface area contributed by atoms with Gasteiger partial charge in [-0.1, -0.05) is 13.8 Å². The van der Waals surface area contributed by atoms with E-state index >= 15 is 0 Å². The Bertz CT molecular complexity index is 123. The third-order valence-corrected chi connectivity index (χ3v) is 1.81. The minimum atomic E-state index is -2.44. The van der Waals surface area contributed by atoms with Crippen LogP contribution in [0, 0.1) is 0 Å². The average Bonchev–Trinajstić information content (AvgIpc) is 1.81. The summed E-state index contributed by atoms with van der Waals surface area (Å²) in [4.78, 5) is 0. The minimum Gasteiger partial charge on any atom is -0.306 e. The van der Waals surface area contributed by atoms with Gasteiger partial charge in [0.1, 0.15) is 0 Å². The first-order valence-electron chi connectivity index (χ1n) is 3.66. The molecule has 1 nitrogen and oxygen atoms in total. The predicted molar refractivity (Wildman–Crippen MR) is 36.2 cm³/mol. The Morgan fingerprint density at radius 2 is 2.10 bits per heavy atom. The molecule has 0 aromatic rings. The second-order valence-corrected chi connectivity index (χ2v) is 3.17. The summed E-state index contributed by atoms with van der Waals surface area (Å²) in [6, 6.07) is -0.399. The summed E-state index contributed by atoms with van der Waals surface area (Å²) in [6.07, 6.45) is 0.669. The van der Waals surface area contributed by atoms with Gasteiger partial charge in [-0.15, -0.1) is 0 Å². The van der Waals surface area contributed by atoms with Crippen LogP contribution in [-0.2, 0) is 0 Å². The Morgan fingerprint density at radius 1 is 1.50 bits per heavy atom. The zero-order valence-electron chi connectivity index (χ0n) is 6.32. The Hall–Kier alpha value is -0.180. The molecular weight excluding hydrogens is 136 g/mol. The fraction of sp³-hybridized carbons (Fsp3) is 1.00. The Kier molecular flexibility index (Phi) is 1.95. The summed E-state index contributed by atoms with van der Waals surface area (Å²) in [5, 5.41) is 2.82. The maximum atomic E-state index is 12.5.